The summed E-state index contributed by atoms with van der Waals surface area (Å²) < 4.78 is 32.0. The topological polar surface area (TPSA) is 67.6 Å². The molecule has 114 valence electrons. The molecule has 0 aliphatic carbocycles. The van der Waals surface area contributed by atoms with Gasteiger partial charge in [0.1, 0.15) is 5.58 Å². The van der Waals surface area contributed by atoms with Gasteiger partial charge in [0, 0.05) is 23.5 Å². The highest BCUT2D eigenvalue weighted by atomic mass is 32.2. The van der Waals surface area contributed by atoms with Gasteiger partial charge in [-0.1, -0.05) is 0 Å². The van der Waals surface area contributed by atoms with Crippen LogP contribution in [0.25, 0.3) is 11.0 Å². The predicted octanol–water partition coefficient (Wildman–Crippen LogP) is 2.60. The molecule has 0 aliphatic heterocycles. The maximum absolute atomic E-state index is 12.8. The summed E-state index contributed by atoms with van der Waals surface area (Å²) in [5.41, 5.74) is -0.0776. The van der Waals surface area contributed by atoms with Gasteiger partial charge in [-0.2, -0.15) is 4.31 Å². The number of nitrogens with zero attached hydrogens (tertiary/aromatic N) is 1. The quantitative estimate of drug-likeness (QED) is 0.814. The van der Waals surface area contributed by atoms with Crippen LogP contribution in [-0.4, -0.2) is 24.8 Å². The Morgan fingerprint density at radius 2 is 1.62 bits per heavy atom. The van der Waals surface area contributed by atoms with Gasteiger partial charge in [-0.3, -0.25) is 0 Å². The first kappa shape index (κ1) is 15.7. The fourth-order valence-corrected chi connectivity index (χ4v) is 4.35. The van der Waals surface area contributed by atoms with Crippen molar-refractivity contribution in [3.63, 3.8) is 0 Å². The van der Waals surface area contributed by atoms with Crippen molar-refractivity contribution in [2.24, 2.45) is 0 Å². The summed E-state index contributed by atoms with van der Waals surface area (Å²) in [7, 11) is -3.59. The summed E-state index contributed by atoms with van der Waals surface area (Å²) in [6, 6.07) is 7.09. The minimum atomic E-state index is -3.59. The molecule has 6 heteroatoms. The highest BCUT2D eigenvalue weighted by Crippen LogP contribution is 2.24. The third kappa shape index (κ3) is 3.01. The monoisotopic (exact) mass is 309 g/mol. The molecule has 0 atom stereocenters. The lowest BCUT2D eigenvalue weighted by Gasteiger charge is -2.29. The van der Waals surface area contributed by atoms with Crippen molar-refractivity contribution < 1.29 is 12.8 Å². The molecule has 0 bridgehead atoms. The van der Waals surface area contributed by atoms with Gasteiger partial charge in [-0.25, -0.2) is 13.2 Å². The van der Waals surface area contributed by atoms with Crippen LogP contribution in [0.4, 0.5) is 0 Å². The zero-order chi connectivity index (χ0) is 15.8. The summed E-state index contributed by atoms with van der Waals surface area (Å²) in [6.07, 6.45) is 0. The van der Waals surface area contributed by atoms with Crippen molar-refractivity contribution in [2.75, 3.05) is 0 Å². The number of hydrogen-bond donors (Lipinski definition) is 0. The van der Waals surface area contributed by atoms with Crippen LogP contribution in [0.3, 0.4) is 0 Å². The molecule has 1 aromatic heterocycles. The summed E-state index contributed by atoms with van der Waals surface area (Å²) in [5.74, 6) is 0. The van der Waals surface area contributed by atoms with E-state index in [0.29, 0.717) is 11.0 Å². The molecular formula is C15H19NO4S. The molecule has 0 fully saturated rings. The van der Waals surface area contributed by atoms with Gasteiger partial charge < -0.3 is 4.42 Å². The lowest BCUT2D eigenvalue weighted by Crippen LogP contribution is -2.41. The van der Waals surface area contributed by atoms with Crippen LogP contribution in [0, 0.1) is 0 Å². The highest BCUT2D eigenvalue weighted by Gasteiger charge is 2.29. The Hall–Kier alpha value is -1.66. The summed E-state index contributed by atoms with van der Waals surface area (Å²) in [5, 5.41) is 0.586. The molecule has 0 radical (unpaired) electrons. The maximum Gasteiger partial charge on any atom is 0.336 e. The predicted molar refractivity (Wildman–Crippen MR) is 81.8 cm³/mol. The molecule has 21 heavy (non-hydrogen) atoms. The van der Waals surface area contributed by atoms with Gasteiger partial charge in [0.15, 0.2) is 0 Å². The van der Waals surface area contributed by atoms with Gasteiger partial charge in [0.2, 0.25) is 10.0 Å². The van der Waals surface area contributed by atoms with Gasteiger partial charge in [0.05, 0.1) is 4.90 Å². The SMILES string of the molecule is CC(C)N(C(C)C)S(=O)(=O)c1ccc2oc(=O)ccc2c1. The van der Waals surface area contributed by atoms with E-state index in [1.807, 2.05) is 27.7 Å². The molecule has 0 spiro atoms. The minimum Gasteiger partial charge on any atom is -0.423 e. The van der Waals surface area contributed by atoms with Crippen molar-refractivity contribution in [3.05, 3.63) is 40.8 Å². The van der Waals surface area contributed by atoms with E-state index in [4.69, 9.17) is 4.42 Å². The first-order valence-corrected chi connectivity index (χ1v) is 8.25. The minimum absolute atomic E-state index is 0.139. The van der Waals surface area contributed by atoms with Crippen molar-refractivity contribution >= 4 is 21.0 Å². The van der Waals surface area contributed by atoms with Crippen LogP contribution in [0.5, 0.6) is 0 Å². The molecule has 2 aromatic rings. The number of hydrogen-bond acceptors (Lipinski definition) is 4. The summed E-state index contributed by atoms with van der Waals surface area (Å²) >= 11 is 0. The van der Waals surface area contributed by atoms with E-state index < -0.39 is 15.6 Å². The fourth-order valence-electron chi connectivity index (χ4n) is 2.48. The Morgan fingerprint density at radius 3 is 2.19 bits per heavy atom. The van der Waals surface area contributed by atoms with Crippen LogP contribution in [0.1, 0.15) is 27.7 Å². The van der Waals surface area contributed by atoms with Gasteiger partial charge >= 0.3 is 5.63 Å². The average Bonchev–Trinajstić information content (AvgIpc) is 2.36. The second-order valence-electron chi connectivity index (χ2n) is 5.48. The molecule has 2 rings (SSSR count). The van der Waals surface area contributed by atoms with Gasteiger partial charge in [-0.05, 0) is 52.0 Å². The molecule has 0 saturated heterocycles. The number of rotatable bonds is 4. The zero-order valence-electron chi connectivity index (χ0n) is 12.5. The van der Waals surface area contributed by atoms with Crippen LogP contribution < -0.4 is 5.63 Å². The van der Waals surface area contributed by atoms with Crippen molar-refractivity contribution in [2.45, 2.75) is 44.7 Å². The molecular weight excluding hydrogens is 290 g/mol. The van der Waals surface area contributed by atoms with Crippen molar-refractivity contribution in [1.82, 2.24) is 4.31 Å². The zero-order valence-corrected chi connectivity index (χ0v) is 13.3. The molecule has 0 unspecified atom stereocenters. The van der Waals surface area contributed by atoms with E-state index in [-0.39, 0.29) is 17.0 Å². The Morgan fingerprint density at radius 1 is 1.00 bits per heavy atom. The highest BCUT2D eigenvalue weighted by molar-refractivity contribution is 7.89. The van der Waals surface area contributed by atoms with Crippen LogP contribution in [-0.2, 0) is 10.0 Å². The number of fused-ring (bicyclic) bond motifs is 1. The molecule has 1 aromatic carbocycles. The second-order valence-corrected chi connectivity index (χ2v) is 7.32. The average molecular weight is 309 g/mol. The normalized spacial score (nSPS) is 12.7. The van der Waals surface area contributed by atoms with Gasteiger partial charge in [0.25, 0.3) is 0 Å². The van der Waals surface area contributed by atoms with Crippen molar-refractivity contribution in [1.29, 1.82) is 0 Å². The van der Waals surface area contributed by atoms with E-state index in [2.05, 4.69) is 0 Å². The fraction of sp³-hybridized carbons (Fsp3) is 0.400. The van der Waals surface area contributed by atoms with E-state index in [1.54, 1.807) is 6.07 Å². The van der Waals surface area contributed by atoms with E-state index in [1.165, 1.54) is 28.6 Å². The van der Waals surface area contributed by atoms with Crippen molar-refractivity contribution in [3.8, 4) is 0 Å². The van der Waals surface area contributed by atoms with Crippen LogP contribution in [0.2, 0.25) is 0 Å². The Bertz CT molecular complexity index is 798. The first-order valence-electron chi connectivity index (χ1n) is 6.81. The lowest BCUT2D eigenvalue weighted by atomic mass is 10.2. The lowest BCUT2D eigenvalue weighted by molar-refractivity contribution is 0.302. The Kier molecular flexibility index (Phi) is 4.20. The third-order valence-electron chi connectivity index (χ3n) is 3.18. The van der Waals surface area contributed by atoms with E-state index in [0.717, 1.165) is 0 Å². The molecule has 0 saturated carbocycles. The largest absolute Gasteiger partial charge is 0.423 e. The molecule has 0 N–H and O–H groups in total. The summed E-state index contributed by atoms with van der Waals surface area (Å²) in [6.45, 7) is 7.38. The Labute approximate surface area is 124 Å². The molecule has 0 aliphatic rings. The number of benzene rings is 1. The second kappa shape index (κ2) is 5.61. The Balaban J connectivity index is 2.59. The smallest absolute Gasteiger partial charge is 0.336 e. The van der Waals surface area contributed by atoms with Crippen LogP contribution in [0.15, 0.2) is 44.4 Å². The molecule has 5 nitrogen and oxygen atoms in total. The number of sulfonamides is 1. The molecule has 1 heterocycles. The molecule has 0 amide bonds. The summed E-state index contributed by atoms with van der Waals surface area (Å²) in [4.78, 5) is 11.4. The maximum atomic E-state index is 12.8. The van der Waals surface area contributed by atoms with E-state index >= 15 is 0 Å². The first-order chi connectivity index (χ1) is 9.73. The van der Waals surface area contributed by atoms with Gasteiger partial charge in [-0.15, -0.1) is 0 Å². The van der Waals surface area contributed by atoms with E-state index in [9.17, 15) is 13.2 Å². The standard InChI is InChI=1S/C15H19NO4S/c1-10(2)16(11(3)4)21(18,19)13-6-7-14-12(9-13)5-8-15(17)20-14/h5-11H,1-4H3. The van der Waals surface area contributed by atoms with Crippen LogP contribution >= 0.6 is 0 Å². The third-order valence-corrected chi connectivity index (χ3v) is 5.43.